The zero-order valence-corrected chi connectivity index (χ0v) is 18.4. The van der Waals surface area contributed by atoms with Crippen molar-refractivity contribution in [3.05, 3.63) is 0 Å². The molecule has 27 heavy (non-hydrogen) atoms. The highest BCUT2D eigenvalue weighted by molar-refractivity contribution is 5.69. The van der Waals surface area contributed by atoms with Gasteiger partial charge in [0, 0.05) is 12.8 Å². The Kier molecular flexibility index (Phi) is 16.4. The molecule has 0 aliphatic carbocycles. The first-order valence-corrected chi connectivity index (χ1v) is 11.1. The van der Waals surface area contributed by atoms with Gasteiger partial charge in [0.2, 0.25) is 0 Å². The summed E-state index contributed by atoms with van der Waals surface area (Å²) < 4.78 is 9.95. The third-order valence-corrected chi connectivity index (χ3v) is 4.66. The van der Waals surface area contributed by atoms with Gasteiger partial charge in [-0.3, -0.25) is 9.59 Å². The Bertz CT molecular complexity index is 371. The molecular formula is C23H44O4. The maximum absolute atomic E-state index is 11.6. The molecule has 0 aliphatic rings. The fourth-order valence-electron chi connectivity index (χ4n) is 3.15. The van der Waals surface area contributed by atoms with Crippen molar-refractivity contribution in [2.45, 2.75) is 129 Å². The first kappa shape index (κ1) is 25.9. The first-order valence-electron chi connectivity index (χ1n) is 11.1. The minimum absolute atomic E-state index is 0.0639. The predicted octanol–water partition coefficient (Wildman–Crippen LogP) is 6.74. The minimum Gasteiger partial charge on any atom is -0.469 e. The molecule has 0 fully saturated rings. The van der Waals surface area contributed by atoms with Crippen LogP contribution in [0.1, 0.15) is 124 Å². The summed E-state index contributed by atoms with van der Waals surface area (Å²) in [6, 6.07) is 0. The Labute approximate surface area is 167 Å². The Balaban J connectivity index is 3.17. The molecule has 0 aromatic rings. The molecule has 4 heteroatoms. The van der Waals surface area contributed by atoms with E-state index >= 15 is 0 Å². The van der Waals surface area contributed by atoms with Gasteiger partial charge in [0.25, 0.3) is 0 Å². The summed E-state index contributed by atoms with van der Waals surface area (Å²) in [4.78, 5) is 22.6. The summed E-state index contributed by atoms with van der Waals surface area (Å²) in [6.45, 7) is 5.75. The van der Waals surface area contributed by atoms with E-state index in [1.165, 1.54) is 71.3 Å². The summed E-state index contributed by atoms with van der Waals surface area (Å²) in [6.07, 6.45) is 18.4. The van der Waals surface area contributed by atoms with Crippen molar-refractivity contribution in [1.29, 1.82) is 0 Å². The van der Waals surface area contributed by atoms with Gasteiger partial charge in [0.1, 0.15) is 5.60 Å². The summed E-state index contributed by atoms with van der Waals surface area (Å²) in [5, 5.41) is 0. The van der Waals surface area contributed by atoms with Crippen molar-refractivity contribution in [3.8, 4) is 0 Å². The van der Waals surface area contributed by atoms with E-state index in [9.17, 15) is 9.59 Å². The lowest BCUT2D eigenvalue weighted by Gasteiger charge is -2.19. The fourth-order valence-corrected chi connectivity index (χ4v) is 3.15. The van der Waals surface area contributed by atoms with Crippen LogP contribution in [0.2, 0.25) is 0 Å². The van der Waals surface area contributed by atoms with E-state index in [2.05, 4.69) is 4.74 Å². The van der Waals surface area contributed by atoms with Crippen molar-refractivity contribution in [3.63, 3.8) is 0 Å². The maximum atomic E-state index is 11.6. The number of rotatable bonds is 17. The molecule has 0 aromatic carbocycles. The van der Waals surface area contributed by atoms with Gasteiger partial charge in [-0.2, -0.15) is 0 Å². The van der Waals surface area contributed by atoms with E-state index < -0.39 is 0 Å². The molecule has 4 nitrogen and oxygen atoms in total. The number of methoxy groups -OCH3 is 1. The molecule has 0 heterocycles. The van der Waals surface area contributed by atoms with Crippen LogP contribution in [0, 0.1) is 0 Å². The van der Waals surface area contributed by atoms with Crippen molar-refractivity contribution < 1.29 is 19.1 Å². The van der Waals surface area contributed by atoms with E-state index in [4.69, 9.17) is 4.74 Å². The zero-order valence-electron chi connectivity index (χ0n) is 18.4. The van der Waals surface area contributed by atoms with Crippen LogP contribution < -0.4 is 0 Å². The summed E-state index contributed by atoms with van der Waals surface area (Å²) in [5.74, 6) is -0.149. The number of hydrogen-bond donors (Lipinski definition) is 0. The second-order valence-electron chi connectivity index (χ2n) is 8.61. The summed E-state index contributed by atoms with van der Waals surface area (Å²) >= 11 is 0. The molecule has 0 aromatic heterocycles. The number of hydrogen-bond acceptors (Lipinski definition) is 4. The van der Waals surface area contributed by atoms with Gasteiger partial charge in [-0.05, 0) is 33.6 Å². The number of unbranched alkanes of at least 4 members (excludes halogenated alkanes) is 13. The number of ether oxygens (including phenoxy) is 2. The number of esters is 2. The van der Waals surface area contributed by atoms with Crippen molar-refractivity contribution in [1.82, 2.24) is 0 Å². The maximum Gasteiger partial charge on any atom is 0.306 e. The van der Waals surface area contributed by atoms with E-state index in [0.29, 0.717) is 12.8 Å². The van der Waals surface area contributed by atoms with Gasteiger partial charge < -0.3 is 9.47 Å². The van der Waals surface area contributed by atoms with E-state index in [1.54, 1.807) is 0 Å². The van der Waals surface area contributed by atoms with Gasteiger partial charge in [-0.1, -0.05) is 77.0 Å². The monoisotopic (exact) mass is 384 g/mol. The first-order chi connectivity index (χ1) is 12.8. The molecule has 0 spiro atoms. The molecule has 0 aliphatic heterocycles. The van der Waals surface area contributed by atoms with Crippen molar-refractivity contribution >= 4 is 11.9 Å². The highest BCUT2D eigenvalue weighted by Gasteiger charge is 2.15. The SMILES string of the molecule is COC(=O)CCCCCCCCCCCCCCCCC(=O)OC(C)(C)C. The summed E-state index contributed by atoms with van der Waals surface area (Å²) in [5.41, 5.74) is -0.360. The minimum atomic E-state index is -0.360. The van der Waals surface area contributed by atoms with Crippen LogP contribution in [0.5, 0.6) is 0 Å². The van der Waals surface area contributed by atoms with Crippen LogP contribution in [0.15, 0.2) is 0 Å². The van der Waals surface area contributed by atoms with Crippen LogP contribution in [0.4, 0.5) is 0 Å². The van der Waals surface area contributed by atoms with Crippen LogP contribution in [-0.4, -0.2) is 24.6 Å². The average molecular weight is 385 g/mol. The molecule has 0 saturated carbocycles. The molecule has 0 saturated heterocycles. The van der Waals surface area contributed by atoms with Gasteiger partial charge in [-0.25, -0.2) is 0 Å². The molecule has 160 valence electrons. The van der Waals surface area contributed by atoms with E-state index in [0.717, 1.165) is 25.7 Å². The molecule has 0 rings (SSSR count). The number of carbonyl (C=O) groups is 2. The standard InChI is InChI=1S/C23H44O4/c1-23(2,3)27-22(25)20-18-16-14-12-10-8-6-5-7-9-11-13-15-17-19-21(24)26-4/h5-20H2,1-4H3. The lowest BCUT2D eigenvalue weighted by Crippen LogP contribution is -2.23. The fraction of sp³-hybridized carbons (Fsp3) is 0.913. The quantitative estimate of drug-likeness (QED) is 0.206. The highest BCUT2D eigenvalue weighted by atomic mass is 16.6. The molecule has 0 unspecified atom stereocenters. The Hall–Kier alpha value is -1.06. The molecule has 0 atom stereocenters. The normalized spacial score (nSPS) is 11.4. The Morgan fingerprint density at radius 1 is 0.556 bits per heavy atom. The third kappa shape index (κ3) is 21.1. The lowest BCUT2D eigenvalue weighted by atomic mass is 10.0. The van der Waals surface area contributed by atoms with Gasteiger partial charge in [0.05, 0.1) is 7.11 Å². The van der Waals surface area contributed by atoms with E-state index in [1.807, 2.05) is 20.8 Å². The van der Waals surface area contributed by atoms with Crippen molar-refractivity contribution in [2.24, 2.45) is 0 Å². The smallest absolute Gasteiger partial charge is 0.306 e. The number of carbonyl (C=O) groups excluding carboxylic acids is 2. The van der Waals surface area contributed by atoms with Crippen LogP contribution >= 0.6 is 0 Å². The Morgan fingerprint density at radius 3 is 1.15 bits per heavy atom. The average Bonchev–Trinajstić information content (AvgIpc) is 2.59. The molecule has 0 radical (unpaired) electrons. The second kappa shape index (κ2) is 17.1. The van der Waals surface area contributed by atoms with Gasteiger partial charge >= 0.3 is 11.9 Å². The molecule has 0 bridgehead atoms. The molecule has 0 amide bonds. The molecular weight excluding hydrogens is 340 g/mol. The third-order valence-electron chi connectivity index (χ3n) is 4.66. The zero-order chi connectivity index (χ0) is 20.4. The topological polar surface area (TPSA) is 52.6 Å². The van der Waals surface area contributed by atoms with Crippen molar-refractivity contribution in [2.75, 3.05) is 7.11 Å². The van der Waals surface area contributed by atoms with Crippen LogP contribution in [-0.2, 0) is 19.1 Å². The Morgan fingerprint density at radius 2 is 0.852 bits per heavy atom. The highest BCUT2D eigenvalue weighted by Crippen LogP contribution is 2.15. The predicted molar refractivity (Wildman–Crippen MR) is 112 cm³/mol. The summed E-state index contributed by atoms with van der Waals surface area (Å²) in [7, 11) is 1.45. The van der Waals surface area contributed by atoms with Crippen LogP contribution in [0.3, 0.4) is 0 Å². The van der Waals surface area contributed by atoms with Crippen LogP contribution in [0.25, 0.3) is 0 Å². The van der Waals surface area contributed by atoms with E-state index in [-0.39, 0.29) is 17.5 Å². The molecule has 0 N–H and O–H groups in total. The van der Waals surface area contributed by atoms with Gasteiger partial charge in [0.15, 0.2) is 0 Å². The lowest BCUT2D eigenvalue weighted by molar-refractivity contribution is -0.155. The second-order valence-corrected chi connectivity index (χ2v) is 8.61. The van der Waals surface area contributed by atoms with Gasteiger partial charge in [-0.15, -0.1) is 0 Å². The largest absolute Gasteiger partial charge is 0.469 e.